The van der Waals surface area contributed by atoms with Gasteiger partial charge in [-0.1, -0.05) is 0 Å². The van der Waals surface area contributed by atoms with Crippen molar-refractivity contribution in [3.05, 3.63) is 24.0 Å². The van der Waals surface area contributed by atoms with Crippen molar-refractivity contribution in [3.63, 3.8) is 0 Å². The van der Waals surface area contributed by atoms with Crippen molar-refractivity contribution in [2.24, 2.45) is 5.73 Å². The van der Waals surface area contributed by atoms with Crippen molar-refractivity contribution < 1.29 is 0 Å². The first kappa shape index (κ1) is 12.3. The molecule has 0 bridgehead atoms. The molecule has 1 saturated heterocycles. The van der Waals surface area contributed by atoms with Gasteiger partial charge in [0.25, 0.3) is 0 Å². The molecule has 0 radical (unpaired) electrons. The van der Waals surface area contributed by atoms with Crippen molar-refractivity contribution in [2.75, 3.05) is 38.1 Å². The first-order valence-corrected chi connectivity index (χ1v) is 6.38. The van der Waals surface area contributed by atoms with Crippen LogP contribution in [-0.4, -0.2) is 43.1 Å². The minimum Gasteiger partial charge on any atom is -0.372 e. The molecular weight excluding hydrogens is 212 g/mol. The number of nitrogens with zero attached hydrogens (tertiary/aromatic N) is 3. The summed E-state index contributed by atoms with van der Waals surface area (Å²) >= 11 is 0. The zero-order valence-electron chi connectivity index (χ0n) is 10.6. The molecule has 0 aromatic carbocycles. The van der Waals surface area contributed by atoms with E-state index in [0.29, 0.717) is 6.54 Å². The summed E-state index contributed by atoms with van der Waals surface area (Å²) < 4.78 is 0. The lowest BCUT2D eigenvalue weighted by Crippen LogP contribution is -2.32. The topological polar surface area (TPSA) is 45.4 Å². The van der Waals surface area contributed by atoms with Gasteiger partial charge in [-0.2, -0.15) is 0 Å². The third-order valence-electron chi connectivity index (χ3n) is 3.42. The average molecular weight is 234 g/mol. The van der Waals surface area contributed by atoms with Crippen molar-refractivity contribution in [1.82, 2.24) is 9.88 Å². The van der Waals surface area contributed by atoms with Crippen molar-refractivity contribution >= 4 is 5.69 Å². The van der Waals surface area contributed by atoms with E-state index in [9.17, 15) is 0 Å². The van der Waals surface area contributed by atoms with Crippen LogP contribution >= 0.6 is 0 Å². The Hall–Kier alpha value is -1.13. The van der Waals surface area contributed by atoms with Crippen LogP contribution in [0.15, 0.2) is 18.3 Å². The van der Waals surface area contributed by atoms with Gasteiger partial charge < -0.3 is 15.5 Å². The Morgan fingerprint density at radius 1 is 1.41 bits per heavy atom. The van der Waals surface area contributed by atoms with Crippen LogP contribution < -0.4 is 10.6 Å². The molecule has 2 N–H and O–H groups in total. The third kappa shape index (κ3) is 3.17. The number of hydrogen-bond acceptors (Lipinski definition) is 4. The quantitative estimate of drug-likeness (QED) is 0.828. The van der Waals surface area contributed by atoms with Gasteiger partial charge in [0.2, 0.25) is 0 Å². The van der Waals surface area contributed by atoms with Gasteiger partial charge in [-0.25, -0.2) is 0 Å². The minimum absolute atomic E-state index is 0.504. The van der Waals surface area contributed by atoms with Crippen LogP contribution in [0.25, 0.3) is 0 Å². The molecule has 0 saturated carbocycles. The Labute approximate surface area is 103 Å². The Balaban J connectivity index is 1.91. The summed E-state index contributed by atoms with van der Waals surface area (Å²) in [5, 5.41) is 0. The van der Waals surface area contributed by atoms with E-state index in [1.54, 1.807) is 6.20 Å². The molecule has 0 aliphatic carbocycles. The predicted octanol–water partition coefficient (Wildman–Crippen LogP) is 1.07. The van der Waals surface area contributed by atoms with E-state index in [-0.39, 0.29) is 0 Å². The van der Waals surface area contributed by atoms with Gasteiger partial charge in [0, 0.05) is 32.9 Å². The van der Waals surface area contributed by atoms with E-state index in [0.717, 1.165) is 24.5 Å². The standard InChI is InChI=1S/C13H22N4/c1-16(9-10-17-7-2-3-8-17)13-5-4-6-15-12(13)11-14/h4-6H,2-3,7-11,14H2,1H3. The fourth-order valence-corrected chi connectivity index (χ4v) is 2.35. The molecule has 17 heavy (non-hydrogen) atoms. The summed E-state index contributed by atoms with van der Waals surface area (Å²) in [6.45, 7) is 5.19. The largest absolute Gasteiger partial charge is 0.372 e. The Bertz CT molecular complexity index is 347. The van der Waals surface area contributed by atoms with Gasteiger partial charge in [-0.3, -0.25) is 4.98 Å². The number of hydrogen-bond donors (Lipinski definition) is 1. The van der Waals surface area contributed by atoms with E-state index in [2.05, 4.69) is 27.9 Å². The maximum Gasteiger partial charge on any atom is 0.0772 e. The molecule has 1 aliphatic rings. The Morgan fingerprint density at radius 2 is 2.18 bits per heavy atom. The first-order valence-electron chi connectivity index (χ1n) is 6.38. The van der Waals surface area contributed by atoms with Gasteiger partial charge in [-0.05, 0) is 38.1 Å². The molecule has 0 spiro atoms. The van der Waals surface area contributed by atoms with Gasteiger partial charge in [0.15, 0.2) is 0 Å². The maximum absolute atomic E-state index is 5.71. The van der Waals surface area contributed by atoms with Crippen LogP contribution in [0.5, 0.6) is 0 Å². The molecule has 4 nitrogen and oxygen atoms in total. The van der Waals surface area contributed by atoms with Crippen LogP contribution in [0.3, 0.4) is 0 Å². The molecule has 1 aromatic rings. The number of likely N-dealkylation sites (N-methyl/N-ethyl adjacent to an activating group) is 1. The van der Waals surface area contributed by atoms with Crippen LogP contribution in [-0.2, 0) is 6.54 Å². The molecule has 1 fully saturated rings. The SMILES string of the molecule is CN(CCN1CCCC1)c1cccnc1CN. The van der Waals surface area contributed by atoms with Crippen LogP contribution in [0.4, 0.5) is 5.69 Å². The third-order valence-corrected chi connectivity index (χ3v) is 3.42. The summed E-state index contributed by atoms with van der Waals surface area (Å²) in [5.74, 6) is 0. The fourth-order valence-electron chi connectivity index (χ4n) is 2.35. The summed E-state index contributed by atoms with van der Waals surface area (Å²) in [5.41, 5.74) is 7.85. The van der Waals surface area contributed by atoms with Crippen molar-refractivity contribution in [1.29, 1.82) is 0 Å². The maximum atomic E-state index is 5.71. The van der Waals surface area contributed by atoms with Gasteiger partial charge >= 0.3 is 0 Å². The first-order chi connectivity index (χ1) is 8.31. The molecule has 94 valence electrons. The molecule has 2 heterocycles. The van der Waals surface area contributed by atoms with Crippen LogP contribution in [0.2, 0.25) is 0 Å². The highest BCUT2D eigenvalue weighted by Crippen LogP contribution is 2.16. The summed E-state index contributed by atoms with van der Waals surface area (Å²) in [7, 11) is 2.12. The highest BCUT2D eigenvalue weighted by molar-refractivity contribution is 5.49. The lowest BCUT2D eigenvalue weighted by atomic mass is 10.2. The van der Waals surface area contributed by atoms with E-state index < -0.39 is 0 Å². The molecule has 1 aromatic heterocycles. The number of aromatic nitrogens is 1. The monoisotopic (exact) mass is 234 g/mol. The Kier molecular flexibility index (Phi) is 4.34. The number of pyridine rings is 1. The predicted molar refractivity (Wildman–Crippen MR) is 71.1 cm³/mol. The van der Waals surface area contributed by atoms with E-state index in [1.165, 1.54) is 25.9 Å². The molecule has 1 aliphatic heterocycles. The zero-order valence-corrected chi connectivity index (χ0v) is 10.6. The van der Waals surface area contributed by atoms with Gasteiger partial charge in [0.1, 0.15) is 0 Å². The molecular formula is C13H22N4. The summed E-state index contributed by atoms with van der Waals surface area (Å²) in [4.78, 5) is 9.10. The average Bonchev–Trinajstić information content (AvgIpc) is 2.89. The van der Waals surface area contributed by atoms with Crippen molar-refractivity contribution in [3.8, 4) is 0 Å². The van der Waals surface area contributed by atoms with E-state index in [4.69, 9.17) is 5.73 Å². The lowest BCUT2D eigenvalue weighted by Gasteiger charge is -2.24. The van der Waals surface area contributed by atoms with E-state index in [1.807, 2.05) is 6.07 Å². The zero-order chi connectivity index (χ0) is 12.1. The van der Waals surface area contributed by atoms with Crippen molar-refractivity contribution in [2.45, 2.75) is 19.4 Å². The Morgan fingerprint density at radius 3 is 2.88 bits per heavy atom. The normalized spacial score (nSPS) is 16.4. The molecule has 4 heteroatoms. The second-order valence-electron chi connectivity index (χ2n) is 4.64. The van der Waals surface area contributed by atoms with Gasteiger partial charge in [0.05, 0.1) is 11.4 Å². The minimum atomic E-state index is 0.504. The van der Waals surface area contributed by atoms with Crippen LogP contribution in [0, 0.1) is 0 Å². The smallest absolute Gasteiger partial charge is 0.0772 e. The molecule has 2 rings (SSSR count). The highest BCUT2D eigenvalue weighted by Gasteiger charge is 2.13. The molecule has 0 unspecified atom stereocenters. The second-order valence-corrected chi connectivity index (χ2v) is 4.64. The van der Waals surface area contributed by atoms with E-state index >= 15 is 0 Å². The summed E-state index contributed by atoms with van der Waals surface area (Å²) in [6, 6.07) is 4.07. The number of nitrogens with two attached hydrogens (primary N) is 1. The number of anilines is 1. The fraction of sp³-hybridized carbons (Fsp3) is 0.615. The second kappa shape index (κ2) is 5.98. The van der Waals surface area contributed by atoms with Gasteiger partial charge in [-0.15, -0.1) is 0 Å². The number of rotatable bonds is 5. The molecule has 0 atom stereocenters. The number of likely N-dealkylation sites (tertiary alicyclic amines) is 1. The highest BCUT2D eigenvalue weighted by atomic mass is 15.2. The van der Waals surface area contributed by atoms with Crippen LogP contribution in [0.1, 0.15) is 18.5 Å². The lowest BCUT2D eigenvalue weighted by molar-refractivity contribution is 0.346. The summed E-state index contributed by atoms with van der Waals surface area (Å²) in [6.07, 6.45) is 4.51. The molecule has 0 amide bonds.